The zero-order chi connectivity index (χ0) is 17.1. The highest BCUT2D eigenvalue weighted by Crippen LogP contribution is 2.32. The quantitative estimate of drug-likeness (QED) is 0.681. The molecule has 3 rings (SSSR count). The number of aromatic nitrogens is 2. The van der Waals surface area contributed by atoms with Gasteiger partial charge in [-0.05, 0) is 36.1 Å². The molecule has 0 fully saturated rings. The number of esters is 1. The Morgan fingerprint density at radius 1 is 1.38 bits per heavy atom. The minimum atomic E-state index is -0.488. The first kappa shape index (κ1) is 16.6. The van der Waals surface area contributed by atoms with E-state index in [9.17, 15) is 9.18 Å². The first-order chi connectivity index (χ1) is 11.6. The summed E-state index contributed by atoms with van der Waals surface area (Å²) in [5, 5.41) is 13.7. The number of nitrogens with one attached hydrogen (secondary N) is 1. The van der Waals surface area contributed by atoms with Crippen molar-refractivity contribution in [1.82, 2.24) is 10.2 Å². The molecule has 0 aliphatic heterocycles. The fourth-order valence-electron chi connectivity index (χ4n) is 2.21. The van der Waals surface area contributed by atoms with Crippen molar-refractivity contribution in [2.75, 3.05) is 11.9 Å². The monoisotopic (exact) mass is 365 g/mol. The van der Waals surface area contributed by atoms with E-state index in [1.807, 2.05) is 11.4 Å². The van der Waals surface area contributed by atoms with Crippen molar-refractivity contribution in [2.24, 2.45) is 0 Å². The maximum atomic E-state index is 14.3. The van der Waals surface area contributed by atoms with E-state index in [4.69, 9.17) is 16.3 Å². The summed E-state index contributed by atoms with van der Waals surface area (Å²) in [5.41, 5.74) is 0.786. The van der Waals surface area contributed by atoms with Crippen LogP contribution in [0.5, 0.6) is 0 Å². The number of carbonyl (C=O) groups is 1. The van der Waals surface area contributed by atoms with E-state index < -0.39 is 5.82 Å². The van der Waals surface area contributed by atoms with Gasteiger partial charge in [0.2, 0.25) is 0 Å². The lowest BCUT2D eigenvalue weighted by Gasteiger charge is -2.09. The van der Waals surface area contributed by atoms with Crippen LogP contribution in [0.25, 0.3) is 10.1 Å². The van der Waals surface area contributed by atoms with Gasteiger partial charge in [-0.25, -0.2) is 4.39 Å². The van der Waals surface area contributed by atoms with Crippen LogP contribution in [-0.2, 0) is 16.0 Å². The van der Waals surface area contributed by atoms with Crippen molar-refractivity contribution in [3.63, 3.8) is 0 Å². The van der Waals surface area contributed by atoms with Gasteiger partial charge in [-0.2, -0.15) is 0 Å². The van der Waals surface area contributed by atoms with Crippen molar-refractivity contribution in [2.45, 2.75) is 13.3 Å². The molecule has 1 aromatic carbocycles. The SMILES string of the molecule is CCOC(=O)Cc1ccc(Nc2nnc(Cl)c3ccsc23)c(F)c1. The number of fused-ring (bicyclic) bond motifs is 1. The number of carbonyl (C=O) groups excluding carboxylic acids is 1. The van der Waals surface area contributed by atoms with Gasteiger partial charge in [0.1, 0.15) is 5.82 Å². The molecule has 0 radical (unpaired) electrons. The number of anilines is 2. The van der Waals surface area contributed by atoms with Crippen LogP contribution < -0.4 is 5.32 Å². The highest BCUT2D eigenvalue weighted by Gasteiger charge is 2.12. The van der Waals surface area contributed by atoms with Crippen LogP contribution in [0.15, 0.2) is 29.6 Å². The molecule has 24 heavy (non-hydrogen) atoms. The molecule has 0 bridgehead atoms. The molecule has 2 aromatic heterocycles. The lowest BCUT2D eigenvalue weighted by molar-refractivity contribution is -0.142. The number of nitrogens with zero attached hydrogens (tertiary/aromatic N) is 2. The van der Waals surface area contributed by atoms with Crippen molar-refractivity contribution >= 4 is 50.5 Å². The molecule has 124 valence electrons. The summed E-state index contributed by atoms with van der Waals surface area (Å²) < 4.78 is 19.9. The fourth-order valence-corrected chi connectivity index (χ4v) is 3.29. The Bertz CT molecular complexity index is 900. The number of rotatable bonds is 5. The Labute approximate surface area is 146 Å². The minimum Gasteiger partial charge on any atom is -0.466 e. The Morgan fingerprint density at radius 2 is 2.21 bits per heavy atom. The van der Waals surface area contributed by atoms with E-state index in [-0.39, 0.29) is 18.1 Å². The number of thiophene rings is 1. The molecular weight excluding hydrogens is 353 g/mol. The molecule has 0 spiro atoms. The number of halogens is 2. The van der Waals surface area contributed by atoms with Gasteiger partial charge in [0.15, 0.2) is 11.0 Å². The molecule has 0 aliphatic rings. The molecule has 0 saturated heterocycles. The Balaban J connectivity index is 1.83. The van der Waals surface area contributed by atoms with E-state index in [0.29, 0.717) is 23.1 Å². The second kappa shape index (κ2) is 7.11. The topological polar surface area (TPSA) is 64.1 Å². The van der Waals surface area contributed by atoms with Gasteiger partial charge < -0.3 is 10.1 Å². The number of hydrogen-bond acceptors (Lipinski definition) is 6. The molecule has 0 saturated carbocycles. The van der Waals surface area contributed by atoms with Gasteiger partial charge >= 0.3 is 5.97 Å². The highest BCUT2D eigenvalue weighted by atomic mass is 35.5. The first-order valence-corrected chi connectivity index (χ1v) is 8.44. The van der Waals surface area contributed by atoms with Gasteiger partial charge in [-0.1, -0.05) is 17.7 Å². The summed E-state index contributed by atoms with van der Waals surface area (Å²) in [5.74, 6) is -0.443. The van der Waals surface area contributed by atoms with Crippen molar-refractivity contribution in [1.29, 1.82) is 0 Å². The van der Waals surface area contributed by atoms with Crippen LogP contribution in [-0.4, -0.2) is 22.8 Å². The fraction of sp³-hybridized carbons (Fsp3) is 0.188. The summed E-state index contributed by atoms with van der Waals surface area (Å²) >= 11 is 7.42. The summed E-state index contributed by atoms with van der Waals surface area (Å²) in [6.07, 6.45) is 0.0287. The Kier molecular flexibility index (Phi) is 4.92. The number of ether oxygens (including phenoxy) is 1. The average Bonchev–Trinajstić information content (AvgIpc) is 3.03. The van der Waals surface area contributed by atoms with Crippen LogP contribution >= 0.6 is 22.9 Å². The van der Waals surface area contributed by atoms with E-state index in [0.717, 1.165) is 10.1 Å². The molecule has 3 aromatic rings. The zero-order valence-corrected chi connectivity index (χ0v) is 14.2. The molecule has 0 atom stereocenters. The molecule has 8 heteroatoms. The lowest BCUT2D eigenvalue weighted by atomic mass is 10.1. The Hall–Kier alpha value is -2.25. The summed E-state index contributed by atoms with van der Waals surface area (Å²) in [4.78, 5) is 11.5. The number of benzene rings is 1. The predicted octanol–water partition coefficient (Wildman–Crippen LogP) is 4.33. The largest absolute Gasteiger partial charge is 0.466 e. The van der Waals surface area contributed by atoms with Gasteiger partial charge in [-0.15, -0.1) is 21.5 Å². The van der Waals surface area contributed by atoms with Gasteiger partial charge in [-0.3, -0.25) is 4.79 Å². The predicted molar refractivity (Wildman–Crippen MR) is 92.4 cm³/mol. The number of hydrogen-bond donors (Lipinski definition) is 1. The smallest absolute Gasteiger partial charge is 0.310 e. The van der Waals surface area contributed by atoms with Crippen molar-refractivity contribution in [3.05, 3.63) is 46.2 Å². The molecule has 0 amide bonds. The Morgan fingerprint density at radius 3 is 2.96 bits per heavy atom. The molecule has 1 N–H and O–H groups in total. The summed E-state index contributed by atoms with van der Waals surface area (Å²) in [7, 11) is 0. The molecule has 2 heterocycles. The third-order valence-corrected chi connectivity index (χ3v) is 4.48. The van der Waals surface area contributed by atoms with Crippen LogP contribution in [0.1, 0.15) is 12.5 Å². The van der Waals surface area contributed by atoms with E-state index in [2.05, 4.69) is 15.5 Å². The first-order valence-electron chi connectivity index (χ1n) is 7.19. The minimum absolute atomic E-state index is 0.0287. The average molecular weight is 366 g/mol. The lowest BCUT2D eigenvalue weighted by Crippen LogP contribution is -2.08. The molecule has 5 nitrogen and oxygen atoms in total. The third-order valence-electron chi connectivity index (χ3n) is 3.28. The van der Waals surface area contributed by atoms with Crippen molar-refractivity contribution in [3.8, 4) is 0 Å². The van der Waals surface area contributed by atoms with Crippen LogP contribution in [0.4, 0.5) is 15.9 Å². The molecular formula is C16H13ClFN3O2S. The summed E-state index contributed by atoms with van der Waals surface area (Å²) in [6, 6.07) is 6.35. The molecule has 0 unspecified atom stereocenters. The van der Waals surface area contributed by atoms with Gasteiger partial charge in [0, 0.05) is 5.39 Å². The van der Waals surface area contributed by atoms with E-state index in [1.165, 1.54) is 17.4 Å². The second-order valence-electron chi connectivity index (χ2n) is 4.92. The maximum Gasteiger partial charge on any atom is 0.310 e. The van der Waals surface area contributed by atoms with Crippen LogP contribution in [0.2, 0.25) is 5.15 Å². The van der Waals surface area contributed by atoms with Crippen molar-refractivity contribution < 1.29 is 13.9 Å². The summed E-state index contributed by atoms with van der Waals surface area (Å²) in [6.45, 7) is 2.02. The normalized spacial score (nSPS) is 10.8. The van der Waals surface area contributed by atoms with Crippen LogP contribution in [0.3, 0.4) is 0 Å². The van der Waals surface area contributed by atoms with Crippen LogP contribution in [0, 0.1) is 5.82 Å². The third kappa shape index (κ3) is 3.47. The highest BCUT2D eigenvalue weighted by molar-refractivity contribution is 7.17. The molecule has 0 aliphatic carbocycles. The van der Waals surface area contributed by atoms with Gasteiger partial charge in [0.05, 0.1) is 23.4 Å². The standard InChI is InChI=1S/C16H13ClFN3O2S/c1-2-23-13(22)8-9-3-4-12(11(18)7-9)19-16-14-10(5-6-24-14)15(17)20-21-16/h3-7H,2,8H2,1H3,(H,19,21). The maximum absolute atomic E-state index is 14.3. The van der Waals surface area contributed by atoms with Gasteiger partial charge in [0.25, 0.3) is 0 Å². The van der Waals surface area contributed by atoms with E-state index in [1.54, 1.807) is 19.1 Å². The second-order valence-corrected chi connectivity index (χ2v) is 6.20. The zero-order valence-electron chi connectivity index (χ0n) is 12.7. The van der Waals surface area contributed by atoms with E-state index >= 15 is 0 Å².